The van der Waals surface area contributed by atoms with Gasteiger partial charge < -0.3 is 5.11 Å². The van der Waals surface area contributed by atoms with Gasteiger partial charge in [-0.25, -0.2) is 0 Å². The highest BCUT2D eigenvalue weighted by Gasteiger charge is 2.47. The van der Waals surface area contributed by atoms with Gasteiger partial charge >= 0.3 is 0 Å². The fourth-order valence-corrected chi connectivity index (χ4v) is 4.24. The monoisotopic (exact) mass is 367 g/mol. The van der Waals surface area contributed by atoms with Crippen LogP contribution >= 0.6 is 11.6 Å². The van der Waals surface area contributed by atoms with Crippen LogP contribution in [0.3, 0.4) is 0 Å². The van der Waals surface area contributed by atoms with E-state index in [1.54, 1.807) is 12.1 Å². The van der Waals surface area contributed by atoms with E-state index in [0.29, 0.717) is 29.3 Å². The number of hydrogen-bond donors (Lipinski definition) is 1. The van der Waals surface area contributed by atoms with E-state index in [-0.39, 0.29) is 5.41 Å². The number of nitrogens with zero attached hydrogens (tertiary/aromatic N) is 1. The van der Waals surface area contributed by atoms with Gasteiger partial charge in [0.1, 0.15) is 0 Å². The maximum Gasteiger partial charge on any atom is 0.0992 e. The molecule has 2 aromatic carbocycles. The lowest BCUT2D eigenvalue weighted by Crippen LogP contribution is -2.41. The average Bonchev–Trinajstić information content (AvgIpc) is 3.42. The molecule has 0 amide bonds. The van der Waals surface area contributed by atoms with Crippen LogP contribution in [0.15, 0.2) is 42.5 Å². The molecule has 0 saturated heterocycles. The van der Waals surface area contributed by atoms with Crippen molar-refractivity contribution in [3.05, 3.63) is 69.7 Å². The van der Waals surface area contributed by atoms with Crippen LogP contribution in [-0.2, 0) is 11.8 Å². The summed E-state index contributed by atoms with van der Waals surface area (Å²) in [4.78, 5) is 0. The van der Waals surface area contributed by atoms with E-state index in [1.165, 1.54) is 11.1 Å². The van der Waals surface area contributed by atoms with Crippen LogP contribution in [0.25, 0.3) is 0 Å². The second-order valence-electron chi connectivity index (χ2n) is 8.40. The highest BCUT2D eigenvalue weighted by Crippen LogP contribution is 2.48. The first-order valence-corrected chi connectivity index (χ1v) is 9.59. The molecule has 0 aliphatic heterocycles. The molecule has 0 spiro atoms. The number of halogens is 1. The zero-order chi connectivity index (χ0) is 18.9. The van der Waals surface area contributed by atoms with E-state index in [9.17, 15) is 5.11 Å². The summed E-state index contributed by atoms with van der Waals surface area (Å²) >= 11 is 6.39. The van der Waals surface area contributed by atoms with Crippen molar-refractivity contribution >= 4 is 11.6 Å². The van der Waals surface area contributed by atoms with Gasteiger partial charge in [-0.15, -0.1) is 0 Å². The van der Waals surface area contributed by atoms with Gasteiger partial charge in [0.05, 0.1) is 17.2 Å². The van der Waals surface area contributed by atoms with E-state index in [1.807, 2.05) is 6.07 Å². The lowest BCUT2D eigenvalue weighted by atomic mass is 9.71. The van der Waals surface area contributed by atoms with Crippen molar-refractivity contribution in [1.29, 1.82) is 5.26 Å². The van der Waals surface area contributed by atoms with Gasteiger partial charge in [-0.2, -0.15) is 5.26 Å². The Labute approximate surface area is 161 Å². The minimum atomic E-state index is -0.787. The molecule has 1 aliphatic carbocycles. The number of rotatable bonds is 6. The Kier molecular flexibility index (Phi) is 5.15. The number of hydrogen-bond acceptors (Lipinski definition) is 2. The third-order valence-electron chi connectivity index (χ3n) is 5.56. The fraction of sp³-hybridized carbons (Fsp3) is 0.435. The molecule has 0 heterocycles. The minimum Gasteiger partial charge on any atom is -0.389 e. The van der Waals surface area contributed by atoms with Crippen molar-refractivity contribution in [2.24, 2.45) is 5.92 Å². The smallest absolute Gasteiger partial charge is 0.0992 e. The van der Waals surface area contributed by atoms with Gasteiger partial charge in [0.25, 0.3) is 0 Å². The van der Waals surface area contributed by atoms with E-state index in [4.69, 9.17) is 16.9 Å². The van der Waals surface area contributed by atoms with Crippen molar-refractivity contribution in [2.75, 3.05) is 0 Å². The van der Waals surface area contributed by atoms with Gasteiger partial charge in [-0.3, -0.25) is 0 Å². The van der Waals surface area contributed by atoms with Crippen LogP contribution in [0.4, 0.5) is 0 Å². The van der Waals surface area contributed by atoms with E-state index in [2.05, 4.69) is 51.1 Å². The summed E-state index contributed by atoms with van der Waals surface area (Å²) in [6, 6.07) is 16.0. The van der Waals surface area contributed by atoms with Gasteiger partial charge in [0, 0.05) is 11.4 Å². The molecule has 2 aromatic rings. The molecule has 0 radical (unpaired) electrons. The third-order valence-corrected chi connectivity index (χ3v) is 5.92. The van der Waals surface area contributed by atoms with Crippen molar-refractivity contribution in [3.8, 4) is 6.07 Å². The number of benzene rings is 2. The zero-order valence-electron chi connectivity index (χ0n) is 15.7. The largest absolute Gasteiger partial charge is 0.389 e. The zero-order valence-corrected chi connectivity index (χ0v) is 16.5. The van der Waals surface area contributed by atoms with Crippen LogP contribution in [0, 0.1) is 24.2 Å². The summed E-state index contributed by atoms with van der Waals surface area (Å²) in [7, 11) is 0. The van der Waals surface area contributed by atoms with E-state index in [0.717, 1.165) is 18.4 Å². The molecule has 1 unspecified atom stereocenters. The van der Waals surface area contributed by atoms with Crippen molar-refractivity contribution in [2.45, 2.75) is 57.5 Å². The topological polar surface area (TPSA) is 44.0 Å². The second kappa shape index (κ2) is 7.06. The molecule has 1 aliphatic rings. The standard InChI is InChI=1S/C23H26ClNO/c1-16-5-4-6-20(11-16)22(2,3)15-23(26,19-9-10-19)13-18-8-7-17(14-25)12-21(18)24/h4-8,11-12,19,26H,9-10,13,15H2,1-3H3. The van der Waals surface area contributed by atoms with Crippen LogP contribution in [0.1, 0.15) is 55.4 Å². The molecule has 3 heteroatoms. The number of aryl methyl sites for hydroxylation is 1. The Morgan fingerprint density at radius 3 is 2.50 bits per heavy atom. The first kappa shape index (κ1) is 19.0. The molecule has 0 aromatic heterocycles. The highest BCUT2D eigenvalue weighted by atomic mass is 35.5. The summed E-state index contributed by atoms with van der Waals surface area (Å²) in [5.74, 6) is 0.318. The van der Waals surface area contributed by atoms with Crippen LogP contribution in [0.2, 0.25) is 5.02 Å². The average molecular weight is 368 g/mol. The van der Waals surface area contributed by atoms with Crippen LogP contribution in [-0.4, -0.2) is 10.7 Å². The first-order chi connectivity index (χ1) is 12.2. The Balaban J connectivity index is 1.87. The Hall–Kier alpha value is -1.82. The summed E-state index contributed by atoms with van der Waals surface area (Å²) in [6.07, 6.45) is 3.34. The number of aliphatic hydroxyl groups is 1. The predicted octanol–water partition coefficient (Wildman–Crippen LogP) is 5.57. The maximum atomic E-state index is 11.6. The SMILES string of the molecule is Cc1cccc(C(C)(C)CC(O)(Cc2ccc(C#N)cc2Cl)C2CC2)c1. The predicted molar refractivity (Wildman–Crippen MR) is 106 cm³/mol. The van der Waals surface area contributed by atoms with Crippen molar-refractivity contribution < 1.29 is 5.11 Å². The second-order valence-corrected chi connectivity index (χ2v) is 8.81. The fourth-order valence-electron chi connectivity index (χ4n) is 4.00. The molecule has 26 heavy (non-hydrogen) atoms. The molecule has 3 rings (SSSR count). The molecule has 136 valence electrons. The summed E-state index contributed by atoms with van der Waals surface area (Å²) in [5, 5.41) is 21.2. The Morgan fingerprint density at radius 2 is 1.92 bits per heavy atom. The Bertz CT molecular complexity index is 848. The normalized spacial score (nSPS) is 16.8. The molecular weight excluding hydrogens is 342 g/mol. The van der Waals surface area contributed by atoms with Crippen molar-refractivity contribution in [1.82, 2.24) is 0 Å². The minimum absolute atomic E-state index is 0.136. The van der Waals surface area contributed by atoms with Crippen LogP contribution < -0.4 is 0 Å². The molecule has 1 N–H and O–H groups in total. The molecule has 1 atom stereocenters. The molecular formula is C23H26ClNO. The van der Waals surface area contributed by atoms with Crippen LogP contribution in [0.5, 0.6) is 0 Å². The molecule has 1 fully saturated rings. The molecule has 0 bridgehead atoms. The number of nitriles is 1. The lowest BCUT2D eigenvalue weighted by molar-refractivity contribution is -0.00799. The highest BCUT2D eigenvalue weighted by molar-refractivity contribution is 6.31. The van der Waals surface area contributed by atoms with E-state index >= 15 is 0 Å². The summed E-state index contributed by atoms with van der Waals surface area (Å²) in [6.45, 7) is 6.51. The third kappa shape index (κ3) is 4.11. The quantitative estimate of drug-likeness (QED) is 0.725. The lowest BCUT2D eigenvalue weighted by Gasteiger charge is -2.37. The molecule has 1 saturated carbocycles. The van der Waals surface area contributed by atoms with Gasteiger partial charge in [-0.05, 0) is 60.8 Å². The first-order valence-electron chi connectivity index (χ1n) is 9.21. The van der Waals surface area contributed by atoms with Gasteiger partial charge in [0.2, 0.25) is 0 Å². The molecule has 2 nitrogen and oxygen atoms in total. The van der Waals surface area contributed by atoms with Gasteiger partial charge in [0.15, 0.2) is 0 Å². The van der Waals surface area contributed by atoms with E-state index < -0.39 is 5.60 Å². The maximum absolute atomic E-state index is 11.6. The Morgan fingerprint density at radius 1 is 1.19 bits per heavy atom. The van der Waals surface area contributed by atoms with Crippen molar-refractivity contribution in [3.63, 3.8) is 0 Å². The van der Waals surface area contributed by atoms with Gasteiger partial charge in [-0.1, -0.05) is 61.3 Å². The summed E-state index contributed by atoms with van der Waals surface area (Å²) < 4.78 is 0. The summed E-state index contributed by atoms with van der Waals surface area (Å²) in [5.41, 5.74) is 3.03.